The molecule has 1 aromatic carbocycles. The fraction of sp³-hybridized carbons (Fsp3) is 0.385. The number of carboxylic acid groups (broad SMARTS) is 1. The van der Waals surface area contributed by atoms with Crippen molar-refractivity contribution in [1.82, 2.24) is 5.32 Å². The Kier molecular flexibility index (Phi) is 5.35. The first-order valence-corrected chi connectivity index (χ1v) is 6.67. The van der Waals surface area contributed by atoms with E-state index in [0.717, 1.165) is 10.0 Å². The maximum Gasteiger partial charge on any atom is 0.319 e. The van der Waals surface area contributed by atoms with Gasteiger partial charge in [-0.25, -0.2) is 4.79 Å². The first-order valence-electron chi connectivity index (χ1n) is 5.88. The Labute approximate surface area is 120 Å². The van der Waals surface area contributed by atoms with Gasteiger partial charge in [-0.05, 0) is 38.5 Å². The van der Waals surface area contributed by atoms with Gasteiger partial charge in [-0.2, -0.15) is 0 Å². The number of amides is 2. The number of hydrogen-bond donors (Lipinski definition) is 3. The Morgan fingerprint density at radius 3 is 2.53 bits per heavy atom. The van der Waals surface area contributed by atoms with Crippen LogP contribution in [0.25, 0.3) is 0 Å². The summed E-state index contributed by atoms with van der Waals surface area (Å²) in [6, 6.07) is 4.61. The number of anilines is 1. The van der Waals surface area contributed by atoms with Crippen molar-refractivity contribution in [3.63, 3.8) is 0 Å². The summed E-state index contributed by atoms with van der Waals surface area (Å²) in [5.74, 6) is -1.58. The fourth-order valence-corrected chi connectivity index (χ4v) is 1.81. The second-order valence-electron chi connectivity index (χ2n) is 4.43. The zero-order valence-electron chi connectivity index (χ0n) is 11.0. The summed E-state index contributed by atoms with van der Waals surface area (Å²) in [7, 11) is 0. The van der Waals surface area contributed by atoms with Gasteiger partial charge in [0.1, 0.15) is 0 Å². The summed E-state index contributed by atoms with van der Waals surface area (Å²) in [5, 5.41) is 14.2. The molecule has 0 aliphatic heterocycles. The number of carbonyl (C=O) groups excluding carboxylic acids is 1. The van der Waals surface area contributed by atoms with Crippen LogP contribution in [0, 0.1) is 12.8 Å². The molecule has 2 atom stereocenters. The molecule has 6 heteroatoms. The third kappa shape index (κ3) is 4.24. The lowest BCUT2D eigenvalue weighted by molar-refractivity contribution is -0.141. The van der Waals surface area contributed by atoms with Crippen LogP contribution in [0.1, 0.15) is 19.4 Å². The van der Waals surface area contributed by atoms with Crippen LogP contribution in [-0.4, -0.2) is 23.1 Å². The maximum atomic E-state index is 11.8. The normalized spacial score (nSPS) is 13.5. The van der Waals surface area contributed by atoms with E-state index in [-0.39, 0.29) is 0 Å². The molecule has 5 nitrogen and oxygen atoms in total. The molecule has 0 aliphatic rings. The van der Waals surface area contributed by atoms with Crippen LogP contribution < -0.4 is 10.6 Å². The van der Waals surface area contributed by atoms with Crippen LogP contribution in [-0.2, 0) is 4.79 Å². The van der Waals surface area contributed by atoms with E-state index in [1.54, 1.807) is 19.9 Å². The van der Waals surface area contributed by atoms with Crippen LogP contribution in [0.4, 0.5) is 10.5 Å². The van der Waals surface area contributed by atoms with Gasteiger partial charge in [0, 0.05) is 16.2 Å². The van der Waals surface area contributed by atoms with Gasteiger partial charge >= 0.3 is 12.0 Å². The first kappa shape index (κ1) is 15.5. The summed E-state index contributed by atoms with van der Waals surface area (Å²) in [4.78, 5) is 22.6. The molecule has 2 amide bonds. The van der Waals surface area contributed by atoms with E-state index in [1.807, 2.05) is 19.1 Å². The molecule has 1 aromatic rings. The van der Waals surface area contributed by atoms with Crippen molar-refractivity contribution in [2.75, 3.05) is 5.32 Å². The van der Waals surface area contributed by atoms with Crippen LogP contribution in [0.2, 0.25) is 0 Å². The molecule has 19 heavy (non-hydrogen) atoms. The van der Waals surface area contributed by atoms with E-state index < -0.39 is 24.0 Å². The first-order chi connectivity index (χ1) is 8.82. The van der Waals surface area contributed by atoms with Crippen molar-refractivity contribution >= 4 is 33.6 Å². The molecule has 0 spiro atoms. The molecule has 0 bridgehead atoms. The minimum Gasteiger partial charge on any atom is -0.481 e. The van der Waals surface area contributed by atoms with E-state index in [9.17, 15) is 9.59 Å². The summed E-state index contributed by atoms with van der Waals surface area (Å²) in [6.07, 6.45) is 0. The Morgan fingerprint density at radius 2 is 1.95 bits per heavy atom. The lowest BCUT2D eigenvalue weighted by Crippen LogP contribution is -2.42. The molecule has 0 saturated heterocycles. The highest BCUT2D eigenvalue weighted by Gasteiger charge is 2.21. The molecule has 0 aliphatic carbocycles. The topological polar surface area (TPSA) is 78.4 Å². The van der Waals surface area contributed by atoms with Gasteiger partial charge in [0.2, 0.25) is 0 Å². The van der Waals surface area contributed by atoms with Crippen molar-refractivity contribution in [3.05, 3.63) is 28.2 Å². The number of urea groups is 1. The van der Waals surface area contributed by atoms with Crippen molar-refractivity contribution in [1.29, 1.82) is 0 Å². The van der Waals surface area contributed by atoms with Crippen molar-refractivity contribution in [2.24, 2.45) is 5.92 Å². The minimum absolute atomic E-state index is 0.415. The SMILES string of the molecule is Cc1c(Br)cccc1NC(=O)NC(C)C(C)C(=O)O. The Morgan fingerprint density at radius 1 is 1.32 bits per heavy atom. The highest BCUT2D eigenvalue weighted by atomic mass is 79.9. The summed E-state index contributed by atoms with van der Waals surface area (Å²) in [5.41, 5.74) is 1.60. The molecule has 0 radical (unpaired) electrons. The number of nitrogens with one attached hydrogen (secondary N) is 2. The second-order valence-corrected chi connectivity index (χ2v) is 5.28. The van der Waals surface area contributed by atoms with Gasteiger partial charge < -0.3 is 15.7 Å². The molecule has 104 valence electrons. The second kappa shape index (κ2) is 6.56. The van der Waals surface area contributed by atoms with Crippen molar-refractivity contribution < 1.29 is 14.7 Å². The predicted octanol–water partition coefficient (Wildman–Crippen LogP) is 2.99. The van der Waals surface area contributed by atoms with Crippen LogP contribution in [0.5, 0.6) is 0 Å². The molecule has 0 aromatic heterocycles. The van der Waals surface area contributed by atoms with Gasteiger partial charge in [-0.15, -0.1) is 0 Å². The fourth-order valence-electron chi connectivity index (χ4n) is 1.45. The molecular formula is C13H17BrN2O3. The maximum absolute atomic E-state index is 11.8. The lowest BCUT2D eigenvalue weighted by atomic mass is 10.0. The number of carbonyl (C=O) groups is 2. The van der Waals surface area contributed by atoms with E-state index >= 15 is 0 Å². The Bertz CT molecular complexity index is 491. The molecule has 0 heterocycles. The van der Waals surface area contributed by atoms with Gasteiger partial charge in [-0.3, -0.25) is 4.79 Å². The third-order valence-corrected chi connectivity index (χ3v) is 3.87. The molecular weight excluding hydrogens is 312 g/mol. The zero-order valence-corrected chi connectivity index (χ0v) is 12.6. The predicted molar refractivity (Wildman–Crippen MR) is 77.3 cm³/mol. The smallest absolute Gasteiger partial charge is 0.319 e. The highest BCUT2D eigenvalue weighted by molar-refractivity contribution is 9.10. The molecule has 3 N–H and O–H groups in total. The zero-order chi connectivity index (χ0) is 14.6. The van der Waals surface area contributed by atoms with Crippen molar-refractivity contribution in [3.8, 4) is 0 Å². The van der Waals surface area contributed by atoms with Crippen molar-refractivity contribution in [2.45, 2.75) is 26.8 Å². The number of rotatable bonds is 4. The lowest BCUT2D eigenvalue weighted by Gasteiger charge is -2.18. The average molecular weight is 329 g/mol. The van der Waals surface area contributed by atoms with Crippen LogP contribution in [0.15, 0.2) is 22.7 Å². The largest absolute Gasteiger partial charge is 0.481 e. The van der Waals surface area contributed by atoms with Gasteiger partial charge in [0.15, 0.2) is 0 Å². The molecule has 1 rings (SSSR count). The quantitative estimate of drug-likeness (QED) is 0.795. The van der Waals surface area contributed by atoms with E-state index in [1.165, 1.54) is 0 Å². The van der Waals surface area contributed by atoms with E-state index in [2.05, 4.69) is 26.6 Å². The summed E-state index contributed by atoms with van der Waals surface area (Å²) in [6.45, 7) is 5.09. The van der Waals surface area contributed by atoms with E-state index in [0.29, 0.717) is 5.69 Å². The van der Waals surface area contributed by atoms with E-state index in [4.69, 9.17) is 5.11 Å². The third-order valence-electron chi connectivity index (χ3n) is 3.01. The Balaban J connectivity index is 2.66. The van der Waals surface area contributed by atoms with Crippen LogP contribution in [0.3, 0.4) is 0 Å². The van der Waals surface area contributed by atoms with Crippen LogP contribution >= 0.6 is 15.9 Å². The molecule has 0 saturated carbocycles. The number of benzene rings is 1. The number of hydrogen-bond acceptors (Lipinski definition) is 2. The van der Waals surface area contributed by atoms with Gasteiger partial charge in [0.25, 0.3) is 0 Å². The standard InChI is InChI=1S/C13H17BrN2O3/c1-7(12(17)18)9(3)15-13(19)16-11-6-4-5-10(14)8(11)2/h4-7,9H,1-3H3,(H,17,18)(H2,15,16,19). The number of aliphatic carboxylic acids is 1. The average Bonchev–Trinajstić information content (AvgIpc) is 2.33. The number of halogens is 1. The summed E-state index contributed by atoms with van der Waals surface area (Å²) < 4.78 is 0.900. The molecule has 2 unspecified atom stereocenters. The minimum atomic E-state index is -0.938. The number of carboxylic acids is 1. The van der Waals surface area contributed by atoms with Gasteiger partial charge in [0.05, 0.1) is 5.92 Å². The molecule has 0 fully saturated rings. The monoisotopic (exact) mass is 328 g/mol. The Hall–Kier alpha value is -1.56. The van der Waals surface area contributed by atoms with Gasteiger partial charge in [-0.1, -0.05) is 22.0 Å². The highest BCUT2D eigenvalue weighted by Crippen LogP contribution is 2.23. The summed E-state index contributed by atoms with van der Waals surface area (Å²) >= 11 is 3.38.